The second-order valence-electron chi connectivity index (χ2n) is 8.10. The van der Waals surface area contributed by atoms with Gasteiger partial charge in [-0.1, -0.05) is 39.3 Å². The highest BCUT2D eigenvalue weighted by Gasteiger charge is 2.32. The van der Waals surface area contributed by atoms with E-state index in [0.717, 1.165) is 34.9 Å². The minimum Gasteiger partial charge on any atom is -0.459 e. The van der Waals surface area contributed by atoms with Crippen LogP contribution in [0.25, 0.3) is 17.0 Å². The normalized spacial score (nSPS) is 23.7. The predicted octanol–water partition coefficient (Wildman–Crippen LogP) is 5.56. The Bertz CT molecular complexity index is 809. The number of benzene rings is 1. The Hall–Kier alpha value is -2.16. The van der Waals surface area contributed by atoms with Crippen LogP contribution >= 0.6 is 0 Å². The molecule has 2 aromatic rings. The molecule has 3 atom stereocenters. The summed E-state index contributed by atoms with van der Waals surface area (Å²) in [5.74, 6) is 1.39. The maximum atomic E-state index is 12.3. The highest BCUT2D eigenvalue weighted by Crippen LogP contribution is 2.35. The number of rotatable bonds is 4. The lowest BCUT2D eigenvalue weighted by Crippen LogP contribution is -2.35. The molecule has 3 nitrogen and oxygen atoms in total. The van der Waals surface area contributed by atoms with E-state index in [9.17, 15) is 4.79 Å². The van der Waals surface area contributed by atoms with Crippen LogP contribution in [0.5, 0.6) is 0 Å². The highest BCUT2D eigenvalue weighted by molar-refractivity contribution is 5.88. The van der Waals surface area contributed by atoms with Crippen molar-refractivity contribution in [2.45, 2.75) is 53.1 Å². The molecule has 1 saturated carbocycles. The van der Waals surface area contributed by atoms with Crippen LogP contribution in [0.3, 0.4) is 0 Å². The minimum atomic E-state index is -0.244. The first-order chi connectivity index (χ1) is 12.4. The quantitative estimate of drug-likeness (QED) is 0.535. The van der Waals surface area contributed by atoms with E-state index < -0.39 is 0 Å². The van der Waals surface area contributed by atoms with E-state index in [-0.39, 0.29) is 12.1 Å². The Balaban J connectivity index is 1.67. The topological polar surface area (TPSA) is 39.2 Å². The number of fused-ring (bicyclic) bond motifs is 1. The third kappa shape index (κ3) is 4.51. The molecule has 0 aliphatic heterocycles. The zero-order valence-electron chi connectivity index (χ0n) is 16.2. The van der Waals surface area contributed by atoms with Crippen LogP contribution in [0.2, 0.25) is 0 Å². The average molecular weight is 351 g/mol. The van der Waals surface area contributed by atoms with Crippen molar-refractivity contribution in [3.63, 3.8) is 0 Å². The third-order valence-electron chi connectivity index (χ3n) is 5.49. The van der Waals surface area contributed by atoms with Gasteiger partial charge in [-0.2, -0.15) is 0 Å². The number of aromatic nitrogens is 1. The van der Waals surface area contributed by atoms with Crippen molar-refractivity contribution in [3.05, 3.63) is 47.7 Å². The maximum Gasteiger partial charge on any atom is 0.331 e. The fraction of sp³-hybridized carbons (Fsp3) is 0.478. The third-order valence-corrected chi connectivity index (χ3v) is 5.49. The molecule has 0 N–H and O–H groups in total. The smallest absolute Gasteiger partial charge is 0.331 e. The Morgan fingerprint density at radius 2 is 2.08 bits per heavy atom. The molecule has 138 valence electrons. The first-order valence-corrected chi connectivity index (χ1v) is 9.67. The van der Waals surface area contributed by atoms with E-state index in [2.05, 4.69) is 31.8 Å². The summed E-state index contributed by atoms with van der Waals surface area (Å²) in [6, 6.07) is 8.16. The summed E-state index contributed by atoms with van der Waals surface area (Å²) in [6.07, 6.45) is 8.62. The summed E-state index contributed by atoms with van der Waals surface area (Å²) in [7, 11) is 0. The number of nitrogens with zero attached hydrogens (tertiary/aromatic N) is 1. The van der Waals surface area contributed by atoms with Gasteiger partial charge in [0, 0.05) is 17.7 Å². The maximum absolute atomic E-state index is 12.3. The van der Waals surface area contributed by atoms with Crippen molar-refractivity contribution in [3.8, 4) is 0 Å². The fourth-order valence-electron chi connectivity index (χ4n) is 3.96. The summed E-state index contributed by atoms with van der Waals surface area (Å²) >= 11 is 0. The number of ether oxygens (including phenoxy) is 1. The number of pyridine rings is 1. The molecule has 1 heterocycles. The molecular formula is C23H29NO2. The largest absolute Gasteiger partial charge is 0.459 e. The van der Waals surface area contributed by atoms with E-state index in [1.807, 2.05) is 37.4 Å². The van der Waals surface area contributed by atoms with Crippen LogP contribution in [0.1, 0.15) is 51.2 Å². The van der Waals surface area contributed by atoms with Crippen LogP contribution in [-0.2, 0) is 9.53 Å². The molecule has 3 rings (SSSR count). The standard InChI is InChI=1S/C23H29NO2/c1-15(2)20-9-5-16(3)12-22(20)26-23(25)10-7-18-6-8-19-11-17(4)14-24-21(19)13-18/h6-8,10-11,13-16,20,22H,5,9,12H2,1-4H3/b10-7+/t16-,20+,22-/m1/s1. The summed E-state index contributed by atoms with van der Waals surface area (Å²) in [6.45, 7) is 8.73. The molecule has 1 aromatic carbocycles. The zero-order valence-corrected chi connectivity index (χ0v) is 16.2. The van der Waals surface area contributed by atoms with E-state index in [1.165, 1.54) is 6.42 Å². The molecule has 0 saturated heterocycles. The number of aryl methyl sites for hydroxylation is 1. The first kappa shape index (κ1) is 18.6. The van der Waals surface area contributed by atoms with Crippen molar-refractivity contribution in [1.82, 2.24) is 4.98 Å². The number of esters is 1. The lowest BCUT2D eigenvalue weighted by atomic mass is 9.75. The van der Waals surface area contributed by atoms with Gasteiger partial charge < -0.3 is 4.74 Å². The van der Waals surface area contributed by atoms with Crippen molar-refractivity contribution in [2.75, 3.05) is 0 Å². The molecule has 0 amide bonds. The van der Waals surface area contributed by atoms with Gasteiger partial charge in [0.1, 0.15) is 6.10 Å². The molecule has 0 bridgehead atoms. The van der Waals surface area contributed by atoms with Crippen molar-refractivity contribution < 1.29 is 9.53 Å². The van der Waals surface area contributed by atoms with E-state index in [4.69, 9.17) is 4.74 Å². The number of carbonyl (C=O) groups is 1. The monoisotopic (exact) mass is 351 g/mol. The number of hydrogen-bond donors (Lipinski definition) is 0. The van der Waals surface area contributed by atoms with Crippen LogP contribution < -0.4 is 0 Å². The molecule has 0 unspecified atom stereocenters. The number of hydrogen-bond acceptors (Lipinski definition) is 3. The van der Waals surface area contributed by atoms with E-state index >= 15 is 0 Å². The van der Waals surface area contributed by atoms with Gasteiger partial charge in [0.25, 0.3) is 0 Å². The van der Waals surface area contributed by atoms with Crippen molar-refractivity contribution in [1.29, 1.82) is 0 Å². The summed E-state index contributed by atoms with van der Waals surface area (Å²) < 4.78 is 5.82. The molecule has 1 aliphatic rings. The Morgan fingerprint density at radius 1 is 1.27 bits per heavy atom. The SMILES string of the molecule is Cc1cnc2cc(/C=C/C(=O)O[C@@H]3C[C@H](C)CC[C@H]3C(C)C)ccc2c1. The van der Waals surface area contributed by atoms with Crippen LogP contribution in [0, 0.1) is 24.7 Å². The molecule has 1 aromatic heterocycles. The van der Waals surface area contributed by atoms with Crippen LogP contribution in [0.15, 0.2) is 36.5 Å². The number of carbonyl (C=O) groups excluding carboxylic acids is 1. The van der Waals surface area contributed by atoms with Gasteiger partial charge in [0.15, 0.2) is 0 Å². The van der Waals surface area contributed by atoms with Crippen molar-refractivity contribution in [2.24, 2.45) is 17.8 Å². The second-order valence-corrected chi connectivity index (χ2v) is 8.10. The second kappa shape index (κ2) is 8.03. The van der Waals surface area contributed by atoms with Gasteiger partial charge in [0.2, 0.25) is 0 Å². The van der Waals surface area contributed by atoms with Crippen molar-refractivity contribution >= 4 is 22.9 Å². The Morgan fingerprint density at radius 3 is 2.85 bits per heavy atom. The molecule has 0 radical (unpaired) electrons. The zero-order chi connectivity index (χ0) is 18.7. The molecule has 26 heavy (non-hydrogen) atoms. The summed E-state index contributed by atoms with van der Waals surface area (Å²) in [5, 5.41) is 1.11. The van der Waals surface area contributed by atoms with Gasteiger partial charge in [-0.3, -0.25) is 4.98 Å². The summed E-state index contributed by atoms with van der Waals surface area (Å²) in [4.78, 5) is 16.8. The Labute approximate surface area is 156 Å². The average Bonchev–Trinajstić information content (AvgIpc) is 2.59. The van der Waals surface area contributed by atoms with Crippen LogP contribution in [0.4, 0.5) is 0 Å². The molecular weight excluding hydrogens is 322 g/mol. The highest BCUT2D eigenvalue weighted by atomic mass is 16.5. The van der Waals surface area contributed by atoms with Gasteiger partial charge >= 0.3 is 5.97 Å². The van der Waals surface area contributed by atoms with Gasteiger partial charge in [0.05, 0.1) is 5.52 Å². The molecule has 3 heteroatoms. The minimum absolute atomic E-state index is 0.0390. The molecule has 1 fully saturated rings. The molecule has 1 aliphatic carbocycles. The first-order valence-electron chi connectivity index (χ1n) is 9.67. The van der Waals surface area contributed by atoms with Gasteiger partial charge in [-0.15, -0.1) is 0 Å². The van der Waals surface area contributed by atoms with E-state index in [0.29, 0.717) is 17.8 Å². The Kier molecular flexibility index (Phi) is 5.75. The lowest BCUT2D eigenvalue weighted by molar-refractivity contribution is -0.149. The van der Waals surface area contributed by atoms with Gasteiger partial charge in [-0.05, 0) is 66.9 Å². The van der Waals surface area contributed by atoms with E-state index in [1.54, 1.807) is 6.08 Å². The van der Waals surface area contributed by atoms with Gasteiger partial charge in [-0.25, -0.2) is 4.79 Å². The fourth-order valence-corrected chi connectivity index (χ4v) is 3.96. The lowest BCUT2D eigenvalue weighted by Gasteiger charge is -2.36. The summed E-state index contributed by atoms with van der Waals surface area (Å²) in [5.41, 5.74) is 3.04. The predicted molar refractivity (Wildman–Crippen MR) is 107 cm³/mol. The molecule has 0 spiro atoms. The van der Waals surface area contributed by atoms with Crippen LogP contribution in [-0.4, -0.2) is 17.1 Å².